The van der Waals surface area contributed by atoms with Crippen LogP contribution in [-0.4, -0.2) is 68.6 Å². The van der Waals surface area contributed by atoms with Gasteiger partial charge in [-0.25, -0.2) is 0 Å². The number of hydrogen-bond donors (Lipinski definition) is 3. The lowest BCUT2D eigenvalue weighted by Gasteiger charge is -2.28. The first kappa shape index (κ1) is 21.4. The molecule has 33 heavy (non-hydrogen) atoms. The summed E-state index contributed by atoms with van der Waals surface area (Å²) in [5.41, 5.74) is 6.90. The Morgan fingerprint density at radius 2 is 1.85 bits per heavy atom. The summed E-state index contributed by atoms with van der Waals surface area (Å²) in [4.78, 5) is 19.9. The maximum atomic E-state index is 12.9. The molecule has 2 aromatic rings. The van der Waals surface area contributed by atoms with Crippen LogP contribution in [-0.2, 0) is 11.3 Å². The van der Waals surface area contributed by atoms with Gasteiger partial charge in [0, 0.05) is 57.9 Å². The van der Waals surface area contributed by atoms with Crippen molar-refractivity contribution in [1.82, 2.24) is 25.8 Å². The van der Waals surface area contributed by atoms with Crippen LogP contribution in [0.1, 0.15) is 5.56 Å². The Bertz CT molecular complexity index is 1060. The summed E-state index contributed by atoms with van der Waals surface area (Å²) >= 11 is 0. The minimum Gasteiger partial charge on any atom is -0.387 e. The third kappa shape index (κ3) is 4.83. The number of nitrogens with one attached hydrogen (secondary N) is 3. The van der Waals surface area contributed by atoms with Crippen LogP contribution in [0, 0.1) is 0 Å². The number of carbonyl (C=O) groups is 1. The van der Waals surface area contributed by atoms with Crippen molar-refractivity contribution in [3.8, 4) is 11.1 Å². The van der Waals surface area contributed by atoms with E-state index >= 15 is 0 Å². The van der Waals surface area contributed by atoms with Crippen molar-refractivity contribution < 1.29 is 4.79 Å². The molecule has 0 aromatic heterocycles. The van der Waals surface area contributed by atoms with Crippen LogP contribution < -0.4 is 20.9 Å². The van der Waals surface area contributed by atoms with E-state index in [1.54, 1.807) is 0 Å². The highest BCUT2D eigenvalue weighted by Gasteiger charge is 2.25. The van der Waals surface area contributed by atoms with Crippen LogP contribution in [0.4, 0.5) is 5.69 Å². The molecule has 0 fully saturated rings. The number of rotatable bonds is 6. The fourth-order valence-electron chi connectivity index (χ4n) is 4.67. The topological polar surface area (TPSA) is 62.9 Å². The Kier molecular flexibility index (Phi) is 6.21. The first-order valence-electron chi connectivity index (χ1n) is 11.7. The summed E-state index contributed by atoms with van der Waals surface area (Å²) in [7, 11) is 2.12. The Morgan fingerprint density at radius 1 is 0.970 bits per heavy atom. The highest BCUT2D eigenvalue weighted by Crippen LogP contribution is 2.31. The summed E-state index contributed by atoms with van der Waals surface area (Å²) in [5, 5.41) is 9.71. The number of fused-ring (bicyclic) bond motifs is 1. The van der Waals surface area contributed by atoms with E-state index in [0.717, 1.165) is 45.9 Å². The van der Waals surface area contributed by atoms with Gasteiger partial charge in [0.1, 0.15) is 0 Å². The van der Waals surface area contributed by atoms with Gasteiger partial charge in [-0.05, 0) is 28.8 Å². The van der Waals surface area contributed by atoms with Crippen molar-refractivity contribution in [3.05, 3.63) is 77.9 Å². The molecule has 0 amide bonds. The smallest absolute Gasteiger partial charge is 0.194 e. The van der Waals surface area contributed by atoms with Crippen LogP contribution in [0.15, 0.2) is 72.3 Å². The number of hydrogen-bond acceptors (Lipinski definition) is 7. The lowest BCUT2D eigenvalue weighted by atomic mass is 10.0. The number of carbonyl (C=O) groups excluding carboxylic acids is 1. The van der Waals surface area contributed by atoms with Gasteiger partial charge in [0.15, 0.2) is 5.78 Å². The molecule has 3 aliphatic heterocycles. The fourth-order valence-corrected chi connectivity index (χ4v) is 4.67. The second-order valence-electron chi connectivity index (χ2n) is 8.90. The summed E-state index contributed by atoms with van der Waals surface area (Å²) in [5.74, 6) is 0.138. The van der Waals surface area contributed by atoms with Gasteiger partial charge in [-0.15, -0.1) is 0 Å². The molecule has 0 atom stereocenters. The average Bonchev–Trinajstić information content (AvgIpc) is 3.18. The maximum Gasteiger partial charge on any atom is 0.194 e. The van der Waals surface area contributed by atoms with Crippen LogP contribution in [0.25, 0.3) is 11.1 Å². The van der Waals surface area contributed by atoms with E-state index in [4.69, 9.17) is 0 Å². The number of nitrogens with zero attached hydrogens (tertiary/aromatic N) is 3. The average molecular weight is 445 g/mol. The van der Waals surface area contributed by atoms with Gasteiger partial charge in [0.2, 0.25) is 0 Å². The predicted molar refractivity (Wildman–Crippen MR) is 132 cm³/mol. The van der Waals surface area contributed by atoms with E-state index in [0.29, 0.717) is 12.2 Å². The molecule has 172 valence electrons. The first-order chi connectivity index (χ1) is 16.2. The zero-order valence-electron chi connectivity index (χ0n) is 19.2. The molecule has 0 spiro atoms. The van der Waals surface area contributed by atoms with Crippen LogP contribution in [0.3, 0.4) is 0 Å². The van der Waals surface area contributed by atoms with Gasteiger partial charge in [0.05, 0.1) is 31.2 Å². The summed E-state index contributed by atoms with van der Waals surface area (Å²) in [6.45, 7) is 6.21. The lowest BCUT2D eigenvalue weighted by molar-refractivity contribution is -0.117. The molecular weight excluding hydrogens is 412 g/mol. The molecule has 0 unspecified atom stereocenters. The first-order valence-corrected chi connectivity index (χ1v) is 11.7. The molecule has 3 N–H and O–H groups in total. The Balaban J connectivity index is 1.42. The van der Waals surface area contributed by atoms with E-state index in [1.165, 1.54) is 28.1 Å². The maximum absolute atomic E-state index is 12.9. The number of ketones is 1. The predicted octanol–water partition coefficient (Wildman–Crippen LogP) is 1.91. The zero-order valence-corrected chi connectivity index (χ0v) is 19.2. The standard InChI is InChI=1S/C26H32N6O/c1-30-19-28-14-23(30)17-32-12-11-31(18-26(33)24-15-27-9-10-29-24)16-22-13-21(7-8-25(22)32)20-5-3-2-4-6-20/h2-8,13-15,27-29H,9-12,16-19H2,1H3. The fraction of sp³-hybridized carbons (Fsp3) is 0.346. The molecule has 7 heteroatoms. The second kappa shape index (κ2) is 9.58. The Labute approximate surface area is 195 Å². The van der Waals surface area contributed by atoms with E-state index in [9.17, 15) is 4.79 Å². The van der Waals surface area contributed by atoms with Crippen LogP contribution in [0.5, 0.6) is 0 Å². The third-order valence-corrected chi connectivity index (χ3v) is 6.55. The molecule has 0 radical (unpaired) electrons. The number of anilines is 1. The monoisotopic (exact) mass is 444 g/mol. The number of likely N-dealkylation sites (N-methyl/N-ethyl adjacent to an activating group) is 1. The van der Waals surface area contributed by atoms with Crippen molar-refractivity contribution in [2.45, 2.75) is 6.54 Å². The normalized spacial score (nSPS) is 18.3. The minimum absolute atomic E-state index is 0.138. The Hall–Kier alpha value is -3.45. The zero-order chi connectivity index (χ0) is 22.6. The summed E-state index contributed by atoms with van der Waals surface area (Å²) in [6, 6.07) is 17.3. The molecule has 0 bridgehead atoms. The second-order valence-corrected chi connectivity index (χ2v) is 8.90. The van der Waals surface area contributed by atoms with E-state index in [2.05, 4.69) is 86.4 Å². The van der Waals surface area contributed by atoms with Crippen molar-refractivity contribution in [3.63, 3.8) is 0 Å². The van der Waals surface area contributed by atoms with Crippen LogP contribution in [0.2, 0.25) is 0 Å². The molecule has 3 aliphatic rings. The van der Waals surface area contributed by atoms with Crippen LogP contribution >= 0.6 is 0 Å². The highest BCUT2D eigenvalue weighted by molar-refractivity contribution is 5.96. The van der Waals surface area contributed by atoms with E-state index in [1.807, 2.05) is 12.3 Å². The highest BCUT2D eigenvalue weighted by atomic mass is 16.1. The van der Waals surface area contributed by atoms with E-state index in [-0.39, 0.29) is 5.78 Å². The molecule has 2 aromatic carbocycles. The van der Waals surface area contributed by atoms with Gasteiger partial charge in [-0.1, -0.05) is 36.4 Å². The third-order valence-electron chi connectivity index (χ3n) is 6.55. The lowest BCUT2D eigenvalue weighted by Crippen LogP contribution is -2.40. The number of Topliss-reactive ketones (excluding diaryl/α,β-unsaturated/α-hetero) is 1. The van der Waals surface area contributed by atoms with Crippen molar-refractivity contribution in [2.75, 3.05) is 57.9 Å². The molecule has 0 aliphatic carbocycles. The van der Waals surface area contributed by atoms with Gasteiger partial charge < -0.3 is 25.8 Å². The molecule has 5 rings (SSSR count). The van der Waals surface area contributed by atoms with Gasteiger partial charge >= 0.3 is 0 Å². The van der Waals surface area contributed by atoms with Crippen molar-refractivity contribution >= 4 is 11.5 Å². The van der Waals surface area contributed by atoms with Gasteiger partial charge in [0.25, 0.3) is 0 Å². The van der Waals surface area contributed by atoms with Crippen molar-refractivity contribution in [1.29, 1.82) is 0 Å². The SMILES string of the molecule is CN1CNC=C1CN1CCN(CC(=O)C2=CNCCN2)Cc2cc(-c3ccccc3)ccc21. The molecule has 0 saturated carbocycles. The minimum atomic E-state index is 0.138. The largest absolute Gasteiger partial charge is 0.387 e. The quantitative estimate of drug-likeness (QED) is 0.629. The number of benzene rings is 2. The molecule has 7 nitrogen and oxygen atoms in total. The van der Waals surface area contributed by atoms with Crippen molar-refractivity contribution in [2.24, 2.45) is 0 Å². The van der Waals surface area contributed by atoms with Gasteiger partial charge in [-0.3, -0.25) is 9.69 Å². The van der Waals surface area contributed by atoms with E-state index < -0.39 is 0 Å². The van der Waals surface area contributed by atoms with Gasteiger partial charge in [-0.2, -0.15) is 0 Å². The molecule has 0 saturated heterocycles. The molecule has 3 heterocycles. The Morgan fingerprint density at radius 3 is 2.61 bits per heavy atom. The summed E-state index contributed by atoms with van der Waals surface area (Å²) < 4.78 is 0. The molecular formula is C26H32N6O. The summed E-state index contributed by atoms with van der Waals surface area (Å²) in [6.07, 6.45) is 3.92.